The summed E-state index contributed by atoms with van der Waals surface area (Å²) in [4.78, 5) is 38.9. The highest BCUT2D eigenvalue weighted by molar-refractivity contribution is 7.59. The van der Waals surface area contributed by atoms with Crippen LogP contribution in [0.2, 0.25) is 5.02 Å². The van der Waals surface area contributed by atoms with Crippen LogP contribution in [-0.4, -0.2) is 42.6 Å². The molecule has 1 aliphatic rings. The van der Waals surface area contributed by atoms with E-state index in [2.05, 4.69) is 0 Å². The second-order valence-corrected chi connectivity index (χ2v) is 8.80. The van der Waals surface area contributed by atoms with E-state index >= 15 is 0 Å². The third kappa shape index (κ3) is 6.02. The molecule has 4 rings (SSSR count). The number of esters is 1. The van der Waals surface area contributed by atoms with Gasteiger partial charge in [0.1, 0.15) is 17.1 Å². The summed E-state index contributed by atoms with van der Waals surface area (Å²) in [6.07, 6.45) is 0.564. The van der Waals surface area contributed by atoms with Crippen molar-refractivity contribution in [2.45, 2.75) is 32.8 Å². The van der Waals surface area contributed by atoms with E-state index in [1.54, 1.807) is 30.9 Å². The number of ether oxygens (including phenoxy) is 2. The number of rotatable bonds is 6. The van der Waals surface area contributed by atoms with E-state index in [9.17, 15) is 18.8 Å². The average Bonchev–Trinajstić information content (AvgIpc) is 2.83. The molecule has 0 saturated carbocycles. The van der Waals surface area contributed by atoms with Gasteiger partial charge in [-0.3, -0.25) is 9.59 Å². The molecule has 0 radical (unpaired) electrons. The highest BCUT2D eigenvalue weighted by Gasteiger charge is 2.32. The van der Waals surface area contributed by atoms with Crippen molar-refractivity contribution in [3.05, 3.63) is 63.7 Å². The third-order valence-corrected chi connectivity index (χ3v) is 6.26. The highest BCUT2D eigenvalue weighted by Crippen LogP contribution is 2.34. The van der Waals surface area contributed by atoms with Gasteiger partial charge in [-0.1, -0.05) is 11.6 Å². The van der Waals surface area contributed by atoms with Gasteiger partial charge in [-0.25, -0.2) is 9.18 Å². The molecule has 0 aliphatic carbocycles. The van der Waals surface area contributed by atoms with Crippen LogP contribution in [0.1, 0.15) is 26.7 Å². The Morgan fingerprint density at radius 3 is 2.69 bits per heavy atom. The molecule has 2 heterocycles. The molecule has 0 spiro atoms. The number of piperidine rings is 1. The first-order valence-electron chi connectivity index (χ1n) is 11.4. The maximum atomic E-state index is 13.5. The SMILES string of the molecule is CCOC(=O)[C@H]1CCCN(C(=O)C(C)Oc2ccc3c(-c4ccc(F)cc4Cl)cc(=O)oc3c2)C1.S. The first kappa shape index (κ1) is 27.5. The van der Waals surface area contributed by atoms with Crippen LogP contribution in [0.15, 0.2) is 51.7 Å². The molecule has 0 N–H and O–H groups in total. The molecule has 1 amide bonds. The van der Waals surface area contributed by atoms with Crippen LogP contribution < -0.4 is 10.4 Å². The number of carbonyl (C=O) groups is 2. The fourth-order valence-electron chi connectivity index (χ4n) is 4.29. The molecule has 1 aromatic heterocycles. The molecule has 2 atom stereocenters. The number of hydrogen-bond donors (Lipinski definition) is 0. The van der Waals surface area contributed by atoms with Gasteiger partial charge < -0.3 is 18.8 Å². The minimum Gasteiger partial charge on any atom is -0.481 e. The lowest BCUT2D eigenvalue weighted by atomic mass is 9.98. The number of amides is 1. The Kier molecular flexibility index (Phi) is 9.03. The molecule has 2 aromatic carbocycles. The summed E-state index contributed by atoms with van der Waals surface area (Å²) >= 11 is 6.20. The van der Waals surface area contributed by atoms with Crippen molar-refractivity contribution in [2.24, 2.45) is 5.92 Å². The van der Waals surface area contributed by atoms with Gasteiger partial charge in [-0.05, 0) is 57.0 Å². The van der Waals surface area contributed by atoms with E-state index in [0.29, 0.717) is 54.8 Å². The molecule has 1 unspecified atom stereocenters. The first-order valence-corrected chi connectivity index (χ1v) is 11.8. The van der Waals surface area contributed by atoms with E-state index in [4.69, 9.17) is 25.5 Å². The van der Waals surface area contributed by atoms with Gasteiger partial charge in [-0.15, -0.1) is 0 Å². The predicted molar refractivity (Wildman–Crippen MR) is 139 cm³/mol. The van der Waals surface area contributed by atoms with Gasteiger partial charge in [0.25, 0.3) is 5.91 Å². The quantitative estimate of drug-likeness (QED) is 0.328. The maximum absolute atomic E-state index is 13.5. The van der Waals surface area contributed by atoms with E-state index in [0.717, 1.165) is 0 Å². The van der Waals surface area contributed by atoms with Crippen LogP contribution in [0.5, 0.6) is 5.75 Å². The van der Waals surface area contributed by atoms with Crippen LogP contribution >= 0.6 is 25.1 Å². The molecule has 1 saturated heterocycles. The van der Waals surface area contributed by atoms with Gasteiger partial charge in [0.05, 0.1) is 17.5 Å². The molecule has 0 bridgehead atoms. The molecule has 7 nitrogen and oxygen atoms in total. The van der Waals surface area contributed by atoms with Gasteiger partial charge >= 0.3 is 11.6 Å². The zero-order valence-corrected chi connectivity index (χ0v) is 21.6. The molecule has 10 heteroatoms. The fraction of sp³-hybridized carbons (Fsp3) is 0.346. The maximum Gasteiger partial charge on any atom is 0.336 e. The van der Waals surface area contributed by atoms with Gasteiger partial charge in [0, 0.05) is 41.7 Å². The van der Waals surface area contributed by atoms with E-state index in [1.807, 2.05) is 0 Å². The van der Waals surface area contributed by atoms with Crippen LogP contribution in [0.3, 0.4) is 0 Å². The van der Waals surface area contributed by atoms with E-state index < -0.39 is 17.5 Å². The van der Waals surface area contributed by atoms with Gasteiger partial charge in [-0.2, -0.15) is 13.5 Å². The molecule has 1 aliphatic heterocycles. The Bertz CT molecular complexity index is 1330. The van der Waals surface area contributed by atoms with Crippen molar-refractivity contribution in [1.82, 2.24) is 4.90 Å². The van der Waals surface area contributed by atoms with Gasteiger partial charge in [0.15, 0.2) is 6.10 Å². The lowest BCUT2D eigenvalue weighted by Gasteiger charge is -2.33. The van der Waals surface area contributed by atoms with Crippen LogP contribution in [-0.2, 0) is 14.3 Å². The molecule has 1 fully saturated rings. The summed E-state index contributed by atoms with van der Waals surface area (Å²) in [5.74, 6) is -1.02. The fourth-order valence-corrected chi connectivity index (χ4v) is 4.56. The largest absolute Gasteiger partial charge is 0.481 e. The van der Waals surface area contributed by atoms with Crippen LogP contribution in [0.4, 0.5) is 4.39 Å². The molecule has 192 valence electrons. The van der Waals surface area contributed by atoms with Crippen molar-refractivity contribution >= 4 is 47.9 Å². The van der Waals surface area contributed by atoms with E-state index in [-0.39, 0.29) is 41.9 Å². The number of benzene rings is 2. The highest BCUT2D eigenvalue weighted by atomic mass is 35.5. The molecular formula is C26H27ClFNO6S. The number of hydrogen-bond acceptors (Lipinski definition) is 6. The Morgan fingerprint density at radius 1 is 1.19 bits per heavy atom. The second kappa shape index (κ2) is 11.8. The topological polar surface area (TPSA) is 86.0 Å². The molecular weight excluding hydrogens is 509 g/mol. The Labute approximate surface area is 219 Å². The standard InChI is InChI=1S/C26H25ClFNO6.H2S/c1-3-33-26(32)16-5-4-10-29(14-16)25(31)15(2)34-18-7-9-20-21(13-24(30)35-23(20)12-18)19-8-6-17(28)11-22(19)27;/h6-9,11-13,15-16H,3-5,10,14H2,1-2H3;1H2/t15?,16-;/m0./s1. The average molecular weight is 536 g/mol. The van der Waals surface area contributed by atoms with Crippen LogP contribution in [0, 0.1) is 11.7 Å². The third-order valence-electron chi connectivity index (χ3n) is 5.95. The summed E-state index contributed by atoms with van der Waals surface area (Å²) in [5.41, 5.74) is 0.623. The number of nitrogens with zero attached hydrogens (tertiary/aromatic N) is 1. The number of fused-ring (bicyclic) bond motifs is 1. The van der Waals surface area contributed by atoms with Crippen molar-refractivity contribution in [3.63, 3.8) is 0 Å². The van der Waals surface area contributed by atoms with E-state index in [1.165, 1.54) is 30.3 Å². The first-order chi connectivity index (χ1) is 16.8. The van der Waals surface area contributed by atoms with Crippen molar-refractivity contribution < 1.29 is 27.9 Å². The smallest absolute Gasteiger partial charge is 0.336 e. The van der Waals surface area contributed by atoms with Crippen LogP contribution in [0.25, 0.3) is 22.1 Å². The predicted octanol–water partition coefficient (Wildman–Crippen LogP) is 4.93. The summed E-state index contributed by atoms with van der Waals surface area (Å²) in [7, 11) is 0. The second-order valence-electron chi connectivity index (χ2n) is 8.40. The zero-order chi connectivity index (χ0) is 25.1. The van der Waals surface area contributed by atoms with Crippen molar-refractivity contribution in [2.75, 3.05) is 19.7 Å². The minimum atomic E-state index is -0.824. The Morgan fingerprint density at radius 2 is 1.97 bits per heavy atom. The van der Waals surface area contributed by atoms with Crippen molar-refractivity contribution in [3.8, 4) is 16.9 Å². The number of likely N-dealkylation sites (tertiary alicyclic amines) is 1. The summed E-state index contributed by atoms with van der Waals surface area (Å²) in [6, 6.07) is 10.1. The monoisotopic (exact) mass is 535 g/mol. The number of halogens is 2. The van der Waals surface area contributed by atoms with Gasteiger partial charge in [0.2, 0.25) is 0 Å². The lowest BCUT2D eigenvalue weighted by Crippen LogP contribution is -2.47. The Hall–Kier alpha value is -3.04. The summed E-state index contributed by atoms with van der Waals surface area (Å²) < 4.78 is 29.8. The number of carbonyl (C=O) groups excluding carboxylic acids is 2. The molecule has 3 aromatic rings. The summed E-state index contributed by atoms with van der Waals surface area (Å²) in [5, 5.41) is 0.747. The minimum absolute atomic E-state index is 0. The Balaban J connectivity index is 0.00000361. The lowest BCUT2D eigenvalue weighted by molar-refractivity contribution is -0.152. The van der Waals surface area contributed by atoms with Crippen molar-refractivity contribution in [1.29, 1.82) is 0 Å². The summed E-state index contributed by atoms with van der Waals surface area (Å²) in [6.45, 7) is 4.51. The normalized spacial score (nSPS) is 16.2. The zero-order valence-electron chi connectivity index (χ0n) is 19.9. The molecule has 36 heavy (non-hydrogen) atoms.